The minimum Gasteiger partial charge on any atom is -0.481 e. The number of imide groups is 4. The van der Waals surface area contributed by atoms with E-state index in [1.807, 2.05) is 6.07 Å². The van der Waals surface area contributed by atoms with Crippen molar-refractivity contribution in [1.82, 2.24) is 60.4 Å². The number of β-amino-alcohol motifs (C(OH)–C–C–N with tert-alkyl or cyclic N) is 2. The van der Waals surface area contributed by atoms with Gasteiger partial charge < -0.3 is 75.2 Å². The molecule has 14 rings (SSSR count). The number of carboxylic acid groups (broad SMARTS) is 1. The summed E-state index contributed by atoms with van der Waals surface area (Å²) >= 11 is 0. The van der Waals surface area contributed by atoms with Crippen LogP contribution in [0.2, 0.25) is 0 Å². The molecule has 2 unspecified atom stereocenters. The number of carbonyl (C=O) groups is 12. The summed E-state index contributed by atoms with van der Waals surface area (Å²) in [6.45, 7) is 11.8. The fourth-order valence-electron chi connectivity index (χ4n) is 15.2. The number of nitrogens with zero attached hydrogens (tertiary/aromatic N) is 9. The van der Waals surface area contributed by atoms with E-state index in [1.54, 1.807) is 47.4 Å². The SMILES string of the molecule is O=C(CC[C@H](O)CN1CCc2ccccc2C1)c1cc(NC2CNC2)ncn1.O=C(O)CCOCCOCCOCCNc1cccc2c1C(=O)N(C1CCC(=O)NC1=O)C2=O.O=C1CCC(N2C(=O)c3cccc(NCCOCCOCCOCCC(=O)N4CC(Nc5cc(C(=O)CC[C@H](O)CN6CCc7ccccc7C6)ncn5)C4)c3C2=O)C(=O)N1. The van der Waals surface area contributed by atoms with Crippen LogP contribution in [-0.4, -0.2) is 312 Å². The average Bonchev–Trinajstić information content (AvgIpc) is 1.61. The van der Waals surface area contributed by atoms with Crippen molar-refractivity contribution in [3.8, 4) is 0 Å². The molecule has 0 spiro atoms. The zero-order valence-electron chi connectivity index (χ0n) is 68.5. The summed E-state index contributed by atoms with van der Waals surface area (Å²) in [5.74, 6) is -4.37. The normalized spacial score (nSPS) is 18.1. The smallest absolute Gasteiger partial charge is 0.305 e. The second kappa shape index (κ2) is 45.7. The van der Waals surface area contributed by atoms with E-state index in [4.69, 9.17) is 33.5 Å². The van der Waals surface area contributed by atoms with Crippen molar-refractivity contribution in [2.75, 3.05) is 166 Å². The molecule has 9 amide bonds. The van der Waals surface area contributed by atoms with Gasteiger partial charge in [0.25, 0.3) is 23.6 Å². The minimum absolute atomic E-state index is 0.00244. The number of aromatic nitrogens is 4. The van der Waals surface area contributed by atoms with Crippen LogP contribution < -0.4 is 37.2 Å². The lowest BCUT2D eigenvalue weighted by Gasteiger charge is -2.39. The molecule has 0 radical (unpaired) electrons. The van der Waals surface area contributed by atoms with Crippen LogP contribution in [0.15, 0.2) is 110 Å². The van der Waals surface area contributed by atoms with Gasteiger partial charge in [0.05, 0.1) is 139 Å². The number of benzene rings is 4. The van der Waals surface area contributed by atoms with Crippen LogP contribution in [0.3, 0.4) is 0 Å². The van der Waals surface area contributed by atoms with Gasteiger partial charge in [0.1, 0.15) is 47.8 Å². The lowest BCUT2D eigenvalue weighted by atomic mass is 9.99. The number of nitrogens with one attached hydrogen (secondary N) is 7. The molecule has 123 heavy (non-hydrogen) atoms. The third kappa shape index (κ3) is 25.9. The van der Waals surface area contributed by atoms with Crippen LogP contribution in [0.1, 0.15) is 149 Å². The Kier molecular flexibility index (Phi) is 33.7. The molecule has 37 nitrogen and oxygen atoms in total. The Morgan fingerprint density at radius 2 is 0.878 bits per heavy atom. The number of aliphatic hydroxyl groups is 2. The number of carboxylic acids is 1. The molecule has 656 valence electrons. The Bertz CT molecular complexity index is 4740. The zero-order valence-corrected chi connectivity index (χ0v) is 68.5. The molecule has 4 aromatic carbocycles. The molecule has 6 aromatic rings. The molecule has 8 aliphatic heterocycles. The van der Waals surface area contributed by atoms with E-state index in [-0.39, 0.29) is 110 Å². The molecule has 4 atom stereocenters. The molecule has 4 fully saturated rings. The number of Topliss-reactive ketones (excluding diaryl/α,β-unsaturated/α-hetero) is 2. The number of hydrogen-bond acceptors (Lipinski definition) is 31. The van der Waals surface area contributed by atoms with Gasteiger partial charge in [-0.05, 0) is 85.0 Å². The molecule has 0 aliphatic carbocycles. The van der Waals surface area contributed by atoms with Crippen LogP contribution in [0.25, 0.3) is 0 Å². The standard InChI is InChI=1S/C43H52N8O10.C22H27N3O9.C21H27N5O2/c52-31(26-49-15-12-28-4-1-2-5-29(28)23-49)8-10-36(53)34-22-37(46-27-45-34)47-30-24-50(25-30)39(55)13-16-59-18-20-61-21-19-60-17-14-44-33-7-3-6-32-40(33)43(58)51(42(32)57)35-9-11-38(54)48-41(35)56;26-17-5-4-16(20(29)24-17)25-21(30)14-2-1-3-15(19(14)22(25)31)23-7-9-33-11-13-34-12-10-32-8-6-18(27)28;27-18(13-26-8-7-15-3-1-2-4-16(15)12-26)5-6-20(28)19-9-21(24-14-23-19)25-17-10-22-11-17/h1-7,22,27,30-31,35,44,52H,8-21,23-26H2,(H,45,46,47)(H,48,54,56);1-3,16,23H,4-13H2,(H,27,28)(H,24,26,29);1-4,9,14,17-18,22,27H,5-8,10-13H2,(H,23,24,25)/t31-,35?;;18-/m0.0/s1. The summed E-state index contributed by atoms with van der Waals surface area (Å²) in [5.41, 5.74) is 7.79. The van der Waals surface area contributed by atoms with Gasteiger partial charge in [0.2, 0.25) is 29.5 Å². The molecule has 10 heterocycles. The summed E-state index contributed by atoms with van der Waals surface area (Å²) < 4.78 is 32.6. The number of ketones is 2. The van der Waals surface area contributed by atoms with Crippen molar-refractivity contribution < 1.29 is 101 Å². The first-order valence-corrected chi connectivity index (χ1v) is 41.7. The number of ether oxygens (including phenoxy) is 6. The quantitative estimate of drug-likeness (QED) is 0.0149. The highest BCUT2D eigenvalue weighted by atomic mass is 16.5. The number of aliphatic carboxylic acids is 1. The van der Waals surface area contributed by atoms with Gasteiger partial charge in [-0.15, -0.1) is 0 Å². The molecular formula is C86H106N16O21. The number of piperidine rings is 2. The zero-order chi connectivity index (χ0) is 86.6. The highest BCUT2D eigenvalue weighted by molar-refractivity contribution is 6.26. The van der Waals surface area contributed by atoms with E-state index in [0.717, 1.165) is 61.9 Å². The van der Waals surface area contributed by atoms with Crippen molar-refractivity contribution in [3.05, 3.63) is 166 Å². The third-order valence-corrected chi connectivity index (χ3v) is 21.9. The van der Waals surface area contributed by atoms with E-state index in [0.29, 0.717) is 159 Å². The molecule has 0 bridgehead atoms. The van der Waals surface area contributed by atoms with E-state index in [2.05, 4.69) is 109 Å². The lowest BCUT2D eigenvalue weighted by molar-refractivity contribution is -0.139. The number of likely N-dealkylation sites (tertiary alicyclic amines) is 1. The maximum Gasteiger partial charge on any atom is 0.305 e. The summed E-state index contributed by atoms with van der Waals surface area (Å²) in [6.07, 6.45) is 5.36. The van der Waals surface area contributed by atoms with E-state index >= 15 is 0 Å². The third-order valence-electron chi connectivity index (χ3n) is 21.9. The van der Waals surface area contributed by atoms with E-state index in [1.165, 1.54) is 41.0 Å². The van der Waals surface area contributed by atoms with Crippen LogP contribution in [0, 0.1) is 0 Å². The van der Waals surface area contributed by atoms with Crippen molar-refractivity contribution in [3.63, 3.8) is 0 Å². The highest BCUT2D eigenvalue weighted by Crippen LogP contribution is 2.35. The molecule has 37 heteroatoms. The summed E-state index contributed by atoms with van der Waals surface area (Å²) in [5, 5.41) is 49.9. The largest absolute Gasteiger partial charge is 0.481 e. The molecule has 0 saturated carbocycles. The highest BCUT2D eigenvalue weighted by Gasteiger charge is 2.47. The Hall–Kier alpha value is -11.4. The van der Waals surface area contributed by atoms with Crippen LogP contribution in [-0.2, 0) is 83.1 Å². The maximum atomic E-state index is 13.2. The topological polar surface area (TPSA) is 473 Å². The number of aliphatic hydroxyl groups excluding tert-OH is 2. The maximum absolute atomic E-state index is 13.2. The van der Waals surface area contributed by atoms with Crippen LogP contribution in [0.5, 0.6) is 0 Å². The van der Waals surface area contributed by atoms with Gasteiger partial charge in [-0.1, -0.05) is 60.7 Å². The van der Waals surface area contributed by atoms with E-state index in [9.17, 15) is 67.7 Å². The average molecular weight is 1700 g/mol. The molecule has 2 aromatic heterocycles. The first kappa shape index (κ1) is 90.9. The van der Waals surface area contributed by atoms with Gasteiger partial charge in [-0.2, -0.15) is 0 Å². The second-order valence-corrected chi connectivity index (χ2v) is 30.7. The predicted octanol–water partition coefficient (Wildman–Crippen LogP) is 2.70. The number of fused-ring (bicyclic) bond motifs is 4. The number of hydrogen-bond donors (Lipinski definition) is 10. The predicted molar refractivity (Wildman–Crippen MR) is 443 cm³/mol. The Balaban J connectivity index is 0.000000187. The number of amides is 9. The Labute approximate surface area is 710 Å². The van der Waals surface area contributed by atoms with Gasteiger partial charge in [-0.3, -0.25) is 87.8 Å². The number of rotatable bonds is 44. The first-order chi connectivity index (χ1) is 59.7. The van der Waals surface area contributed by atoms with Crippen LogP contribution in [0.4, 0.5) is 23.0 Å². The Morgan fingerprint density at radius 1 is 0.463 bits per heavy atom. The summed E-state index contributed by atoms with van der Waals surface area (Å²) in [6, 6.07) is 28.2. The van der Waals surface area contributed by atoms with Gasteiger partial charge >= 0.3 is 5.97 Å². The van der Waals surface area contributed by atoms with E-state index < -0.39 is 77.5 Å². The minimum atomic E-state index is -1.03. The van der Waals surface area contributed by atoms with Crippen LogP contribution >= 0.6 is 0 Å². The van der Waals surface area contributed by atoms with Gasteiger partial charge in [0.15, 0.2) is 11.6 Å². The second-order valence-electron chi connectivity index (χ2n) is 30.7. The summed E-state index contributed by atoms with van der Waals surface area (Å²) in [7, 11) is 0. The fourth-order valence-corrected chi connectivity index (χ4v) is 15.2. The first-order valence-electron chi connectivity index (χ1n) is 41.7. The van der Waals surface area contributed by atoms with Crippen molar-refractivity contribution in [1.29, 1.82) is 0 Å². The van der Waals surface area contributed by atoms with Gasteiger partial charge in [-0.25, -0.2) is 19.9 Å². The Morgan fingerprint density at radius 3 is 1.30 bits per heavy atom. The molecule has 10 N–H and O–H groups in total. The lowest BCUT2D eigenvalue weighted by Crippen LogP contribution is -2.57. The number of carbonyl (C=O) groups excluding carboxylic acids is 11. The van der Waals surface area contributed by atoms with Gasteiger partial charge in [0, 0.05) is 128 Å². The summed E-state index contributed by atoms with van der Waals surface area (Å²) in [4.78, 5) is 173. The van der Waals surface area contributed by atoms with Crippen molar-refractivity contribution in [2.45, 2.75) is 127 Å². The monoisotopic (exact) mass is 1700 g/mol. The fraction of sp³-hybridized carbons (Fsp3) is 0.488. The molecular weight excluding hydrogens is 1590 g/mol. The number of anilines is 4. The van der Waals surface area contributed by atoms with Crippen molar-refractivity contribution in [2.24, 2.45) is 0 Å². The molecule has 4 saturated heterocycles. The van der Waals surface area contributed by atoms with Crippen molar-refractivity contribution >= 4 is 93.7 Å². The molecule has 8 aliphatic rings.